The molecule has 0 fully saturated rings. The van der Waals surface area contributed by atoms with Gasteiger partial charge in [-0.3, -0.25) is 9.59 Å². The van der Waals surface area contributed by atoms with Gasteiger partial charge in [-0.15, -0.1) is 0 Å². The van der Waals surface area contributed by atoms with Crippen molar-refractivity contribution in [2.75, 3.05) is 0 Å². The number of allylic oxidation sites excluding steroid dienone is 2. The van der Waals surface area contributed by atoms with Gasteiger partial charge in [0.05, 0.1) is 12.5 Å². The van der Waals surface area contributed by atoms with Gasteiger partial charge < -0.3 is 9.47 Å². The number of carbonyl (C=O) groups excluding carboxylic acids is 2. The molecule has 4 heteroatoms. The minimum Gasteiger partial charge on any atom is -0.435 e. The second kappa shape index (κ2) is 6.15. The maximum absolute atomic E-state index is 10.2. The van der Waals surface area contributed by atoms with Gasteiger partial charge in [-0.25, -0.2) is 0 Å². The number of hydrogen-bond acceptors (Lipinski definition) is 4. The molecular weight excluding hydrogens is 160 g/mol. The molecule has 4 nitrogen and oxygen atoms in total. The maximum Gasteiger partial charge on any atom is 0.307 e. The van der Waals surface area contributed by atoms with Crippen molar-refractivity contribution in [1.82, 2.24) is 0 Å². The fourth-order valence-electron chi connectivity index (χ4n) is 0.361. The zero-order valence-electron chi connectivity index (χ0n) is 6.94. The number of carbonyl (C=O) groups is 2. The Balaban J connectivity index is 3.52. The first-order valence-electron chi connectivity index (χ1n) is 3.29. The van der Waals surface area contributed by atoms with Crippen LogP contribution in [0.2, 0.25) is 0 Å². The van der Waals surface area contributed by atoms with E-state index in [2.05, 4.69) is 9.47 Å². The molecule has 0 bridgehead atoms. The molecule has 0 aromatic heterocycles. The summed E-state index contributed by atoms with van der Waals surface area (Å²) >= 11 is 0. The number of esters is 2. The molecule has 0 unspecified atom stereocenters. The van der Waals surface area contributed by atoms with Crippen molar-refractivity contribution in [3.05, 3.63) is 24.7 Å². The fraction of sp³-hybridized carbons (Fsp3) is 0.250. The van der Waals surface area contributed by atoms with Gasteiger partial charge in [0.1, 0.15) is 0 Å². The Kier molecular flexibility index (Phi) is 5.34. The van der Waals surface area contributed by atoms with Gasteiger partial charge in [0.15, 0.2) is 0 Å². The quantitative estimate of drug-likeness (QED) is 0.362. The first-order valence-corrected chi connectivity index (χ1v) is 3.29. The zero-order chi connectivity index (χ0) is 9.40. The fourth-order valence-corrected chi connectivity index (χ4v) is 0.361. The van der Waals surface area contributed by atoms with E-state index in [1.165, 1.54) is 38.5 Å². The molecule has 0 saturated heterocycles. The lowest BCUT2D eigenvalue weighted by atomic mass is 10.6. The van der Waals surface area contributed by atoms with Crippen LogP contribution in [-0.4, -0.2) is 11.9 Å². The van der Waals surface area contributed by atoms with Crippen LogP contribution in [0, 0.1) is 0 Å². The lowest BCUT2D eigenvalue weighted by Gasteiger charge is -1.88. The third-order valence-corrected chi connectivity index (χ3v) is 0.736. The van der Waals surface area contributed by atoms with E-state index in [9.17, 15) is 9.59 Å². The van der Waals surface area contributed by atoms with Crippen molar-refractivity contribution in [3.8, 4) is 0 Å². The molecule has 12 heavy (non-hydrogen) atoms. The van der Waals surface area contributed by atoms with E-state index in [4.69, 9.17) is 0 Å². The molecule has 0 heterocycles. The topological polar surface area (TPSA) is 52.6 Å². The Labute approximate surface area is 70.5 Å². The summed E-state index contributed by atoms with van der Waals surface area (Å²) in [5, 5.41) is 0. The van der Waals surface area contributed by atoms with Crippen LogP contribution in [0.5, 0.6) is 0 Å². The van der Waals surface area contributed by atoms with Gasteiger partial charge in [0.25, 0.3) is 0 Å². The minimum absolute atomic E-state index is 0.396. The smallest absolute Gasteiger partial charge is 0.307 e. The van der Waals surface area contributed by atoms with E-state index < -0.39 is 11.9 Å². The zero-order valence-corrected chi connectivity index (χ0v) is 6.94. The van der Waals surface area contributed by atoms with Crippen LogP contribution in [0.1, 0.15) is 13.8 Å². The van der Waals surface area contributed by atoms with E-state index in [0.29, 0.717) is 0 Å². The molecule has 0 aromatic carbocycles. The van der Waals surface area contributed by atoms with Crippen LogP contribution >= 0.6 is 0 Å². The van der Waals surface area contributed by atoms with Crippen LogP contribution in [0.3, 0.4) is 0 Å². The van der Waals surface area contributed by atoms with E-state index >= 15 is 0 Å². The van der Waals surface area contributed by atoms with Gasteiger partial charge in [-0.1, -0.05) is 0 Å². The maximum atomic E-state index is 10.2. The van der Waals surface area contributed by atoms with Crippen LogP contribution in [0.25, 0.3) is 0 Å². The molecule has 0 spiro atoms. The van der Waals surface area contributed by atoms with Crippen LogP contribution in [-0.2, 0) is 19.1 Å². The predicted molar refractivity (Wildman–Crippen MR) is 41.8 cm³/mol. The number of ether oxygens (including phenoxy) is 2. The molecule has 0 aliphatic carbocycles. The summed E-state index contributed by atoms with van der Waals surface area (Å²) in [6.07, 6.45) is 5.26. The summed E-state index contributed by atoms with van der Waals surface area (Å²) < 4.78 is 8.88. The van der Waals surface area contributed by atoms with Crippen molar-refractivity contribution in [1.29, 1.82) is 0 Å². The summed E-state index contributed by atoms with van der Waals surface area (Å²) in [4.78, 5) is 20.4. The molecule has 0 saturated carbocycles. The molecule has 66 valence electrons. The van der Waals surface area contributed by atoms with E-state index in [1.54, 1.807) is 0 Å². The second-order valence-electron chi connectivity index (χ2n) is 1.88. The Bertz CT molecular complexity index is 191. The third kappa shape index (κ3) is 8.42. The standard InChI is InChI=1S/C8H10O4/c1-7(9)11-5-3-4-6-12-8(2)10/h3-6H,1-2H3/b5-3+,6-4+. The van der Waals surface area contributed by atoms with E-state index in [0.717, 1.165) is 0 Å². The lowest BCUT2D eigenvalue weighted by Crippen LogP contribution is -1.89. The van der Waals surface area contributed by atoms with Crippen molar-refractivity contribution in [2.45, 2.75) is 13.8 Å². The number of hydrogen-bond donors (Lipinski definition) is 0. The Morgan fingerprint density at radius 3 is 1.50 bits per heavy atom. The molecule has 0 rings (SSSR count). The first kappa shape index (κ1) is 10.4. The van der Waals surface area contributed by atoms with Crippen molar-refractivity contribution >= 4 is 11.9 Å². The monoisotopic (exact) mass is 170 g/mol. The van der Waals surface area contributed by atoms with Crippen LogP contribution < -0.4 is 0 Å². The van der Waals surface area contributed by atoms with E-state index in [-0.39, 0.29) is 0 Å². The van der Waals surface area contributed by atoms with Gasteiger partial charge >= 0.3 is 11.9 Å². The molecule has 0 aromatic rings. The minimum atomic E-state index is -0.396. The van der Waals surface area contributed by atoms with Crippen molar-refractivity contribution in [3.63, 3.8) is 0 Å². The van der Waals surface area contributed by atoms with Crippen LogP contribution in [0.4, 0.5) is 0 Å². The highest BCUT2D eigenvalue weighted by Gasteiger charge is 1.83. The van der Waals surface area contributed by atoms with Crippen molar-refractivity contribution in [2.24, 2.45) is 0 Å². The summed E-state index contributed by atoms with van der Waals surface area (Å²) in [5.41, 5.74) is 0. The lowest BCUT2D eigenvalue weighted by molar-refractivity contribution is -0.136. The van der Waals surface area contributed by atoms with Gasteiger partial charge in [-0.2, -0.15) is 0 Å². The predicted octanol–water partition coefficient (Wildman–Crippen LogP) is 1.14. The normalized spacial score (nSPS) is 10.5. The third-order valence-electron chi connectivity index (χ3n) is 0.736. The molecule has 0 amide bonds. The molecule has 0 aliphatic rings. The molecule has 0 aliphatic heterocycles. The summed E-state index contributed by atoms with van der Waals surface area (Å²) in [6, 6.07) is 0. The molecule has 0 N–H and O–H groups in total. The highest BCUT2D eigenvalue weighted by Crippen LogP contribution is 1.83. The highest BCUT2D eigenvalue weighted by molar-refractivity contribution is 5.67. The summed E-state index contributed by atoms with van der Waals surface area (Å²) in [7, 11) is 0. The van der Waals surface area contributed by atoms with Gasteiger partial charge in [0.2, 0.25) is 0 Å². The molecule has 0 radical (unpaired) electrons. The van der Waals surface area contributed by atoms with Gasteiger partial charge in [0, 0.05) is 13.8 Å². The largest absolute Gasteiger partial charge is 0.435 e. The van der Waals surface area contributed by atoms with Crippen molar-refractivity contribution < 1.29 is 19.1 Å². The molecule has 0 atom stereocenters. The van der Waals surface area contributed by atoms with Gasteiger partial charge in [-0.05, 0) is 12.2 Å². The number of rotatable bonds is 3. The molecular formula is C8H10O4. The second-order valence-corrected chi connectivity index (χ2v) is 1.88. The first-order chi connectivity index (χ1) is 5.63. The SMILES string of the molecule is CC(=O)O/C=C/C=C/OC(C)=O. The highest BCUT2D eigenvalue weighted by atomic mass is 16.5. The Hall–Kier alpha value is -1.58. The summed E-state index contributed by atoms with van der Waals surface area (Å²) in [6.45, 7) is 2.58. The average molecular weight is 170 g/mol. The van der Waals surface area contributed by atoms with E-state index in [1.807, 2.05) is 0 Å². The summed E-state index contributed by atoms with van der Waals surface area (Å²) in [5.74, 6) is -0.792. The Morgan fingerprint density at radius 1 is 0.917 bits per heavy atom. The Morgan fingerprint density at radius 2 is 1.25 bits per heavy atom. The average Bonchev–Trinajstić information content (AvgIpc) is 1.95. The van der Waals surface area contributed by atoms with Crippen LogP contribution in [0.15, 0.2) is 24.7 Å².